The summed E-state index contributed by atoms with van der Waals surface area (Å²) in [5, 5.41) is 20.9. The Labute approximate surface area is 144 Å². The van der Waals surface area contributed by atoms with Gasteiger partial charge in [0.2, 0.25) is 0 Å². The van der Waals surface area contributed by atoms with Gasteiger partial charge in [-0.15, -0.1) is 0 Å². The second-order valence-corrected chi connectivity index (χ2v) is 7.01. The second kappa shape index (κ2) is 10.6. The smallest absolute Gasteiger partial charge is 0.191 e. The highest BCUT2D eigenvalue weighted by atomic mass is 32.1. The first-order chi connectivity index (χ1) is 11.0. The van der Waals surface area contributed by atoms with Gasteiger partial charge in [-0.1, -0.05) is 13.8 Å². The standard InChI is InChI=1S/C17H31N3O2S/c1-5-18-16(19-8-6-9-22-11-14(2)3)20-13-17(4,21)15-7-10-23-12-15/h7,10,12,14,21H,5-6,8-9,11,13H2,1-4H3,(H2,18,19,20). The van der Waals surface area contributed by atoms with Gasteiger partial charge in [0, 0.05) is 26.3 Å². The Balaban J connectivity index is 2.38. The maximum Gasteiger partial charge on any atom is 0.191 e. The fourth-order valence-corrected chi connectivity index (χ4v) is 2.72. The van der Waals surface area contributed by atoms with E-state index in [0.717, 1.165) is 44.2 Å². The van der Waals surface area contributed by atoms with E-state index < -0.39 is 5.60 Å². The van der Waals surface area contributed by atoms with E-state index in [4.69, 9.17) is 4.74 Å². The summed E-state index contributed by atoms with van der Waals surface area (Å²) in [7, 11) is 0. The van der Waals surface area contributed by atoms with Crippen molar-refractivity contribution in [3.8, 4) is 0 Å². The molecule has 0 radical (unpaired) electrons. The summed E-state index contributed by atoms with van der Waals surface area (Å²) in [6.45, 7) is 11.6. The molecule has 1 rings (SSSR count). The Hall–Kier alpha value is -1.11. The van der Waals surface area contributed by atoms with E-state index in [1.165, 1.54) is 0 Å². The van der Waals surface area contributed by atoms with Crippen LogP contribution in [0.4, 0.5) is 0 Å². The zero-order chi connectivity index (χ0) is 17.1. The van der Waals surface area contributed by atoms with Gasteiger partial charge >= 0.3 is 0 Å². The second-order valence-electron chi connectivity index (χ2n) is 6.23. The van der Waals surface area contributed by atoms with Crippen LogP contribution in [0.25, 0.3) is 0 Å². The Bertz CT molecular complexity index is 445. The van der Waals surface area contributed by atoms with Gasteiger partial charge in [-0.25, -0.2) is 4.99 Å². The summed E-state index contributed by atoms with van der Waals surface area (Å²) in [4.78, 5) is 4.50. The highest BCUT2D eigenvalue weighted by Crippen LogP contribution is 2.23. The van der Waals surface area contributed by atoms with Crippen LogP contribution in [0.3, 0.4) is 0 Å². The number of thiophene rings is 1. The van der Waals surface area contributed by atoms with Crippen LogP contribution in [-0.2, 0) is 10.3 Å². The summed E-state index contributed by atoms with van der Waals surface area (Å²) in [6, 6.07) is 1.94. The van der Waals surface area contributed by atoms with E-state index in [1.54, 1.807) is 18.3 Å². The summed E-state index contributed by atoms with van der Waals surface area (Å²) < 4.78 is 5.56. The van der Waals surface area contributed by atoms with Crippen LogP contribution in [0.1, 0.15) is 39.7 Å². The van der Waals surface area contributed by atoms with Crippen molar-refractivity contribution in [2.45, 2.75) is 39.7 Å². The number of rotatable bonds is 10. The van der Waals surface area contributed by atoms with E-state index in [0.29, 0.717) is 12.5 Å². The maximum atomic E-state index is 10.5. The third-order valence-corrected chi connectivity index (χ3v) is 3.92. The molecule has 0 saturated carbocycles. The van der Waals surface area contributed by atoms with Crippen molar-refractivity contribution in [3.63, 3.8) is 0 Å². The molecule has 3 N–H and O–H groups in total. The van der Waals surface area contributed by atoms with Gasteiger partial charge in [-0.05, 0) is 48.6 Å². The maximum absolute atomic E-state index is 10.5. The number of nitrogens with zero attached hydrogens (tertiary/aromatic N) is 1. The zero-order valence-electron chi connectivity index (χ0n) is 14.8. The van der Waals surface area contributed by atoms with E-state index >= 15 is 0 Å². The molecular formula is C17H31N3O2S. The van der Waals surface area contributed by atoms with Crippen molar-refractivity contribution in [3.05, 3.63) is 22.4 Å². The average molecular weight is 342 g/mol. The van der Waals surface area contributed by atoms with Gasteiger partial charge in [-0.3, -0.25) is 0 Å². The first-order valence-corrected chi connectivity index (χ1v) is 9.25. The van der Waals surface area contributed by atoms with Crippen LogP contribution in [0.15, 0.2) is 21.8 Å². The molecule has 0 aliphatic carbocycles. The highest BCUT2D eigenvalue weighted by molar-refractivity contribution is 7.08. The Morgan fingerprint density at radius 3 is 2.83 bits per heavy atom. The van der Waals surface area contributed by atoms with Crippen molar-refractivity contribution >= 4 is 17.3 Å². The van der Waals surface area contributed by atoms with Crippen LogP contribution in [0.5, 0.6) is 0 Å². The van der Waals surface area contributed by atoms with Crippen LogP contribution in [0, 0.1) is 5.92 Å². The lowest BCUT2D eigenvalue weighted by molar-refractivity contribution is 0.0677. The number of ether oxygens (including phenoxy) is 1. The SMILES string of the molecule is CCNC(=NCC(C)(O)c1ccsc1)NCCCOCC(C)C. The molecule has 1 atom stereocenters. The van der Waals surface area contributed by atoms with Crippen molar-refractivity contribution in [2.75, 3.05) is 32.8 Å². The normalized spacial score (nSPS) is 14.8. The number of hydrogen-bond donors (Lipinski definition) is 3. The summed E-state index contributed by atoms with van der Waals surface area (Å²) in [5.41, 5.74) is -0.0351. The van der Waals surface area contributed by atoms with Gasteiger partial charge in [0.1, 0.15) is 5.60 Å². The predicted molar refractivity (Wildman–Crippen MR) is 98.1 cm³/mol. The van der Waals surface area contributed by atoms with Crippen LogP contribution < -0.4 is 10.6 Å². The number of hydrogen-bond acceptors (Lipinski definition) is 4. The van der Waals surface area contributed by atoms with Gasteiger partial charge < -0.3 is 20.5 Å². The third kappa shape index (κ3) is 8.34. The fourth-order valence-electron chi connectivity index (χ4n) is 1.94. The highest BCUT2D eigenvalue weighted by Gasteiger charge is 2.23. The first-order valence-electron chi connectivity index (χ1n) is 8.30. The number of aliphatic hydroxyl groups is 1. The summed E-state index contributed by atoms with van der Waals surface area (Å²) >= 11 is 1.58. The molecule has 0 aliphatic heterocycles. The predicted octanol–water partition coefficient (Wildman–Crippen LogP) is 2.57. The third-order valence-electron chi connectivity index (χ3n) is 3.24. The Morgan fingerprint density at radius 1 is 1.43 bits per heavy atom. The van der Waals surface area contributed by atoms with E-state index in [9.17, 15) is 5.11 Å². The number of guanidine groups is 1. The van der Waals surface area contributed by atoms with E-state index in [1.807, 2.05) is 23.8 Å². The molecular weight excluding hydrogens is 310 g/mol. The molecule has 1 unspecified atom stereocenters. The molecule has 0 fully saturated rings. The molecule has 1 heterocycles. The molecule has 0 aromatic carbocycles. The molecule has 1 aromatic heterocycles. The molecule has 132 valence electrons. The van der Waals surface area contributed by atoms with E-state index in [-0.39, 0.29) is 0 Å². The van der Waals surface area contributed by atoms with E-state index in [2.05, 4.69) is 29.5 Å². The molecule has 0 spiro atoms. The lowest BCUT2D eigenvalue weighted by atomic mass is 10.00. The van der Waals surface area contributed by atoms with Gasteiger partial charge in [0.25, 0.3) is 0 Å². The van der Waals surface area contributed by atoms with Crippen LogP contribution >= 0.6 is 11.3 Å². The fraction of sp³-hybridized carbons (Fsp3) is 0.706. The van der Waals surface area contributed by atoms with Crippen molar-refractivity contribution in [1.29, 1.82) is 0 Å². The quantitative estimate of drug-likeness (QED) is 0.348. The lowest BCUT2D eigenvalue weighted by Gasteiger charge is -2.21. The van der Waals surface area contributed by atoms with Crippen LogP contribution in [-0.4, -0.2) is 43.9 Å². The Kier molecular flexibility index (Phi) is 9.21. The average Bonchev–Trinajstić information content (AvgIpc) is 3.03. The summed E-state index contributed by atoms with van der Waals surface area (Å²) in [6.07, 6.45) is 0.929. The minimum absolute atomic E-state index is 0.322. The summed E-state index contributed by atoms with van der Waals surface area (Å²) in [5.74, 6) is 1.30. The first kappa shape index (κ1) is 19.9. The van der Waals surface area contributed by atoms with Crippen molar-refractivity contribution in [1.82, 2.24) is 10.6 Å². The molecule has 0 saturated heterocycles. The molecule has 5 nitrogen and oxygen atoms in total. The number of nitrogens with one attached hydrogen (secondary N) is 2. The molecule has 23 heavy (non-hydrogen) atoms. The lowest BCUT2D eigenvalue weighted by Crippen LogP contribution is -2.39. The minimum Gasteiger partial charge on any atom is -0.383 e. The molecule has 1 aromatic rings. The number of aliphatic imine (C=N–C) groups is 1. The minimum atomic E-state index is -0.942. The largest absolute Gasteiger partial charge is 0.383 e. The topological polar surface area (TPSA) is 65.9 Å². The van der Waals surface area contributed by atoms with Gasteiger partial charge in [0.15, 0.2) is 5.96 Å². The zero-order valence-corrected chi connectivity index (χ0v) is 15.6. The molecule has 0 amide bonds. The molecule has 0 aliphatic rings. The molecule has 6 heteroatoms. The van der Waals surface area contributed by atoms with Crippen molar-refractivity contribution in [2.24, 2.45) is 10.9 Å². The van der Waals surface area contributed by atoms with Crippen LogP contribution in [0.2, 0.25) is 0 Å². The molecule has 0 bridgehead atoms. The van der Waals surface area contributed by atoms with Gasteiger partial charge in [-0.2, -0.15) is 11.3 Å². The van der Waals surface area contributed by atoms with Gasteiger partial charge in [0.05, 0.1) is 6.54 Å². The Morgan fingerprint density at radius 2 is 2.22 bits per heavy atom. The van der Waals surface area contributed by atoms with Crippen molar-refractivity contribution < 1.29 is 9.84 Å². The monoisotopic (exact) mass is 341 g/mol.